The number of carbonyl (C=O) groups excluding carboxylic acids is 2. The number of aromatic nitrogens is 3. The average molecular weight is 780 g/mol. The largest absolute Gasteiger partial charge is 0.490 e. The van der Waals surface area contributed by atoms with E-state index in [9.17, 15) is 41.1 Å². The van der Waals surface area contributed by atoms with Crippen molar-refractivity contribution in [1.29, 1.82) is 0 Å². The van der Waals surface area contributed by atoms with E-state index in [2.05, 4.69) is 39.7 Å². The molecular formula is C26H28F3N9O12S2. The Balaban J connectivity index is 0.000000785. The number of rotatable bonds is 13. The third-order valence-electron chi connectivity index (χ3n) is 6.97. The van der Waals surface area contributed by atoms with E-state index in [1.54, 1.807) is 18.2 Å². The van der Waals surface area contributed by atoms with Crippen LogP contribution >= 0.6 is 11.5 Å². The first-order valence-electron chi connectivity index (χ1n) is 14.3. The van der Waals surface area contributed by atoms with E-state index in [4.69, 9.17) is 29.8 Å². The zero-order chi connectivity index (χ0) is 38.6. The molecule has 5 rings (SSSR count). The predicted octanol–water partition coefficient (Wildman–Crippen LogP) is -0.222. The zero-order valence-electron chi connectivity index (χ0n) is 26.5. The molecule has 26 heteroatoms. The van der Waals surface area contributed by atoms with Gasteiger partial charge in [-0.2, -0.15) is 36.0 Å². The van der Waals surface area contributed by atoms with Gasteiger partial charge < -0.3 is 41.5 Å². The number of nitrogens with two attached hydrogens (primary N) is 1. The van der Waals surface area contributed by atoms with Crippen LogP contribution in [0.2, 0.25) is 0 Å². The lowest BCUT2D eigenvalue weighted by atomic mass is 9.84. The molecule has 1 unspecified atom stereocenters. The number of halogens is 3. The molecule has 2 amide bonds. The number of hydrogen-bond acceptors (Lipinski definition) is 17. The number of ether oxygens (including phenoxy) is 1. The highest BCUT2D eigenvalue weighted by Gasteiger charge is 2.58. The highest BCUT2D eigenvalue weighted by Crippen LogP contribution is 2.33. The number of oxime groups is 1. The molecule has 8 N–H and O–H groups in total. The molecule has 0 spiro atoms. The van der Waals surface area contributed by atoms with E-state index in [-0.39, 0.29) is 11.0 Å². The van der Waals surface area contributed by atoms with Crippen molar-refractivity contribution in [2.24, 2.45) is 5.16 Å². The number of carboxylic acid groups (broad SMARTS) is 2. The van der Waals surface area contributed by atoms with E-state index in [1.807, 2.05) is 12.1 Å². The Kier molecular flexibility index (Phi) is 11.7. The molecule has 2 aliphatic rings. The Morgan fingerprint density at radius 2 is 1.87 bits per heavy atom. The zero-order valence-corrected chi connectivity index (χ0v) is 28.2. The fourth-order valence-corrected chi connectivity index (χ4v) is 5.13. The number of amides is 2. The molecule has 282 valence electrons. The van der Waals surface area contributed by atoms with Gasteiger partial charge in [0.1, 0.15) is 24.2 Å². The molecule has 0 radical (unpaired) electrons. The average Bonchev–Trinajstić information content (AvgIpc) is 3.46. The smallest absolute Gasteiger partial charge is 0.489 e. The SMILES string of the molecule is CC1(C)[C@H](NC(=O)/C(=N\OC(COc2ccc3nc(NC4CNC4)ccc3c2)C(=O)O)c2nsc(N)n2)C(=O)N1OS(=O)(=O)O.O=C(O)C(F)(F)F. The van der Waals surface area contributed by atoms with Crippen molar-refractivity contribution in [1.82, 2.24) is 30.0 Å². The van der Waals surface area contributed by atoms with Gasteiger partial charge in [0, 0.05) is 30.0 Å². The van der Waals surface area contributed by atoms with Gasteiger partial charge in [0.25, 0.3) is 17.9 Å². The molecule has 21 nitrogen and oxygen atoms in total. The summed E-state index contributed by atoms with van der Waals surface area (Å²) in [5.74, 6) is -5.61. The number of pyridine rings is 1. The van der Waals surface area contributed by atoms with Gasteiger partial charge in [0.15, 0.2) is 5.13 Å². The van der Waals surface area contributed by atoms with Crippen LogP contribution in [-0.2, 0) is 38.7 Å². The normalized spacial score (nSPS) is 17.9. The molecule has 2 saturated heterocycles. The number of nitrogens with zero attached hydrogens (tertiary/aromatic N) is 5. The summed E-state index contributed by atoms with van der Waals surface area (Å²) in [6.07, 6.45) is -6.79. The maximum atomic E-state index is 13.2. The van der Waals surface area contributed by atoms with Gasteiger partial charge in [0.2, 0.25) is 11.5 Å². The van der Waals surface area contributed by atoms with Gasteiger partial charge in [-0.3, -0.25) is 14.1 Å². The highest BCUT2D eigenvalue weighted by atomic mass is 32.3. The van der Waals surface area contributed by atoms with Crippen molar-refractivity contribution in [3.05, 3.63) is 36.2 Å². The van der Waals surface area contributed by atoms with E-state index < -0.39 is 70.3 Å². The van der Waals surface area contributed by atoms with E-state index >= 15 is 0 Å². The van der Waals surface area contributed by atoms with Crippen LogP contribution in [0.4, 0.5) is 24.1 Å². The van der Waals surface area contributed by atoms with Gasteiger partial charge >= 0.3 is 28.5 Å². The lowest BCUT2D eigenvalue weighted by Crippen LogP contribution is -2.76. The number of hydroxylamine groups is 2. The fourth-order valence-electron chi connectivity index (χ4n) is 4.24. The van der Waals surface area contributed by atoms with Gasteiger partial charge in [-0.25, -0.2) is 14.6 Å². The van der Waals surface area contributed by atoms with Crippen LogP contribution in [0.3, 0.4) is 0 Å². The van der Waals surface area contributed by atoms with Gasteiger partial charge in [-0.15, -0.1) is 4.28 Å². The minimum absolute atomic E-state index is 0.0508. The predicted molar refractivity (Wildman–Crippen MR) is 170 cm³/mol. The number of hydrogen-bond donors (Lipinski definition) is 7. The van der Waals surface area contributed by atoms with E-state index in [0.29, 0.717) is 33.9 Å². The van der Waals surface area contributed by atoms with Crippen LogP contribution in [0, 0.1) is 0 Å². The molecule has 2 aliphatic heterocycles. The lowest BCUT2D eigenvalue weighted by molar-refractivity contribution is -0.218. The van der Waals surface area contributed by atoms with Crippen LogP contribution in [0.25, 0.3) is 10.9 Å². The number of benzene rings is 1. The lowest BCUT2D eigenvalue weighted by Gasteiger charge is -2.50. The molecule has 2 fully saturated rings. The molecule has 2 aromatic heterocycles. The van der Waals surface area contributed by atoms with Crippen molar-refractivity contribution < 1.29 is 69.4 Å². The van der Waals surface area contributed by atoms with Crippen molar-refractivity contribution in [2.75, 3.05) is 30.7 Å². The summed E-state index contributed by atoms with van der Waals surface area (Å²) in [5, 5.41) is 30.4. The van der Waals surface area contributed by atoms with Crippen LogP contribution in [0.5, 0.6) is 5.75 Å². The number of nitrogen functional groups attached to an aromatic ring is 1. The molecule has 0 bridgehead atoms. The summed E-state index contributed by atoms with van der Waals surface area (Å²) in [5.41, 5.74) is 4.25. The maximum Gasteiger partial charge on any atom is 0.490 e. The number of anilines is 2. The van der Waals surface area contributed by atoms with Crippen molar-refractivity contribution in [2.45, 2.75) is 43.8 Å². The fraction of sp³-hybridized carbons (Fsp3) is 0.385. The number of carboxylic acids is 2. The number of β-lactam (4-membered cyclic amide) rings is 1. The minimum Gasteiger partial charge on any atom is -0.489 e. The van der Waals surface area contributed by atoms with Crippen LogP contribution < -0.4 is 26.4 Å². The highest BCUT2D eigenvalue weighted by molar-refractivity contribution is 7.80. The van der Waals surface area contributed by atoms with Gasteiger partial charge in [-0.05, 0) is 44.2 Å². The quantitative estimate of drug-likeness (QED) is 0.0510. The number of aliphatic carboxylic acids is 2. The molecular weight excluding hydrogens is 751 g/mol. The second-order valence-electron chi connectivity index (χ2n) is 11.2. The summed E-state index contributed by atoms with van der Waals surface area (Å²) in [7, 11) is -5.02. The standard InChI is InChI=1S/C24H27N9O10S2.C2HF3O2/c1-24(2)18(21(35)33(24)43-45(38,39)40)29-20(34)17(19-30-23(25)44-32-19)31-42-15(22(36)37)10-41-13-4-5-14-11(7-13)3-6-16(28-14)27-12-8-26-9-12;3-2(4,5)1(6)7/h3-7,12,15,18,26H,8-10H2,1-2H3,(H,27,28)(H,29,34)(H,36,37)(H2,25,30,32)(H,38,39,40);(H,6,7)/b31-17-;/t15?,18-;/m1./s1. The summed E-state index contributed by atoms with van der Waals surface area (Å²) < 4.78 is 76.6. The Bertz CT molecular complexity index is 1990. The summed E-state index contributed by atoms with van der Waals surface area (Å²) >= 11 is 0.710. The van der Waals surface area contributed by atoms with Crippen molar-refractivity contribution in [3.8, 4) is 5.75 Å². The van der Waals surface area contributed by atoms with Crippen LogP contribution in [0.1, 0.15) is 19.7 Å². The molecule has 4 heterocycles. The van der Waals surface area contributed by atoms with Crippen LogP contribution in [0.15, 0.2) is 35.5 Å². The maximum absolute atomic E-state index is 13.2. The van der Waals surface area contributed by atoms with Crippen molar-refractivity contribution in [3.63, 3.8) is 0 Å². The monoisotopic (exact) mass is 779 g/mol. The Morgan fingerprint density at radius 1 is 1.19 bits per heavy atom. The third-order valence-corrected chi connectivity index (χ3v) is 7.85. The third kappa shape index (κ3) is 9.87. The van der Waals surface area contributed by atoms with Crippen LogP contribution in [-0.4, -0.2) is 122 Å². The molecule has 0 aliphatic carbocycles. The first-order valence-corrected chi connectivity index (χ1v) is 16.5. The number of alkyl halides is 3. The van der Waals surface area contributed by atoms with E-state index in [1.165, 1.54) is 13.8 Å². The summed E-state index contributed by atoms with van der Waals surface area (Å²) in [6, 6.07) is 7.64. The minimum atomic E-state index is -5.08. The molecule has 3 aromatic rings. The number of carbonyl (C=O) groups is 4. The Labute approximate surface area is 294 Å². The Hall–Kier alpha value is -5.44. The molecule has 52 heavy (non-hydrogen) atoms. The summed E-state index contributed by atoms with van der Waals surface area (Å²) in [6.45, 7) is 3.89. The molecule has 0 saturated carbocycles. The molecule has 2 atom stereocenters. The Morgan fingerprint density at radius 3 is 2.38 bits per heavy atom. The van der Waals surface area contributed by atoms with E-state index in [0.717, 1.165) is 24.3 Å². The first kappa shape index (κ1) is 39.3. The topological polar surface area (TPSA) is 307 Å². The van der Waals surface area contributed by atoms with Crippen molar-refractivity contribution >= 4 is 73.2 Å². The molecule has 1 aromatic carbocycles. The second-order valence-corrected chi connectivity index (χ2v) is 13.0. The van der Waals surface area contributed by atoms with Gasteiger partial charge in [-0.1, -0.05) is 5.16 Å². The number of fused-ring (bicyclic) bond motifs is 1. The summed E-state index contributed by atoms with van der Waals surface area (Å²) in [4.78, 5) is 60.1. The first-order chi connectivity index (χ1) is 24.2. The number of nitrogens with one attached hydrogen (secondary N) is 3. The van der Waals surface area contributed by atoms with Gasteiger partial charge in [0.05, 0.1) is 17.1 Å². The second kappa shape index (κ2) is 15.4.